The second kappa shape index (κ2) is 9.97. The Morgan fingerprint density at radius 1 is 1.38 bits per heavy atom. The van der Waals surface area contributed by atoms with Crippen molar-refractivity contribution in [2.24, 2.45) is 0 Å². The van der Waals surface area contributed by atoms with Crippen LogP contribution in [0.25, 0.3) is 0 Å². The van der Waals surface area contributed by atoms with Gasteiger partial charge in [-0.05, 0) is 45.5 Å². The van der Waals surface area contributed by atoms with Crippen LogP contribution in [0.1, 0.15) is 34.1 Å². The maximum atomic E-state index is 11.9. The lowest BCUT2D eigenvalue weighted by Gasteiger charge is -2.10. The molecule has 0 fully saturated rings. The van der Waals surface area contributed by atoms with Gasteiger partial charge < -0.3 is 14.8 Å². The average molecular weight is 333 g/mol. The van der Waals surface area contributed by atoms with Crippen molar-refractivity contribution in [3.63, 3.8) is 0 Å². The Morgan fingerprint density at radius 2 is 2.14 bits per heavy atom. The van der Waals surface area contributed by atoms with Crippen LogP contribution in [0.5, 0.6) is 5.19 Å². The molecule has 0 bridgehead atoms. The Bertz CT molecular complexity index is 427. The molecule has 120 valence electrons. The minimum absolute atomic E-state index is 0.00183. The molecule has 0 unspecified atom stereocenters. The molecule has 6 nitrogen and oxygen atoms in total. The summed E-state index contributed by atoms with van der Waals surface area (Å²) in [5.41, 5.74) is 0. The molecule has 0 aliphatic carbocycles. The first kappa shape index (κ1) is 18.2. The van der Waals surface area contributed by atoms with Gasteiger partial charge in [0.25, 0.3) is 5.19 Å². The Labute approximate surface area is 134 Å². The third-order valence-corrected chi connectivity index (χ3v) is 4.34. The number of hydrogen-bond donors (Lipinski definition) is 1. The van der Waals surface area contributed by atoms with Crippen LogP contribution in [0.3, 0.4) is 0 Å². The van der Waals surface area contributed by atoms with E-state index in [1.807, 2.05) is 27.7 Å². The van der Waals surface area contributed by atoms with E-state index < -0.39 is 0 Å². The summed E-state index contributed by atoms with van der Waals surface area (Å²) in [5, 5.41) is 11.2. The Morgan fingerprint density at radius 3 is 2.81 bits per heavy atom. The smallest absolute Gasteiger partial charge is 0.295 e. The molecule has 0 radical (unpaired) electrons. The first-order valence-electron chi connectivity index (χ1n) is 7.05. The van der Waals surface area contributed by atoms with Crippen LogP contribution >= 0.6 is 23.1 Å². The lowest BCUT2D eigenvalue weighted by Crippen LogP contribution is -2.32. The van der Waals surface area contributed by atoms with Crippen molar-refractivity contribution >= 4 is 29.0 Å². The summed E-state index contributed by atoms with van der Waals surface area (Å²) in [6, 6.07) is 0. The van der Waals surface area contributed by atoms with Crippen LogP contribution in [-0.4, -0.2) is 47.2 Å². The summed E-state index contributed by atoms with van der Waals surface area (Å²) >= 11 is 2.75. The summed E-state index contributed by atoms with van der Waals surface area (Å²) in [5.74, 6) is -0.00183. The lowest BCUT2D eigenvalue weighted by molar-refractivity contribution is -0.120. The average Bonchev–Trinajstić information content (AvgIpc) is 2.84. The minimum atomic E-state index is -0.211. The van der Waals surface area contributed by atoms with Crippen molar-refractivity contribution in [2.45, 2.75) is 49.8 Å². The van der Waals surface area contributed by atoms with Crippen molar-refractivity contribution < 1.29 is 14.3 Å². The molecule has 0 saturated heterocycles. The van der Waals surface area contributed by atoms with Gasteiger partial charge in [0.15, 0.2) is 4.34 Å². The molecular weight excluding hydrogens is 310 g/mol. The summed E-state index contributed by atoms with van der Waals surface area (Å²) in [6.45, 7) is 9.69. The van der Waals surface area contributed by atoms with Gasteiger partial charge in [0, 0.05) is 19.8 Å². The van der Waals surface area contributed by atoms with E-state index in [2.05, 4.69) is 15.5 Å². The topological polar surface area (TPSA) is 73.3 Å². The standard InChI is InChI=1S/C13H23N3O3S2/c1-5-18-8-6-7-14-11(17)10(4)20-13-16-15-12(21-13)19-9(2)3/h9-10H,5-8H2,1-4H3,(H,14,17)/t10-/m1/s1. The summed E-state index contributed by atoms with van der Waals surface area (Å²) < 4.78 is 11.4. The van der Waals surface area contributed by atoms with Crippen molar-refractivity contribution in [1.82, 2.24) is 15.5 Å². The number of nitrogens with one attached hydrogen (secondary N) is 1. The molecule has 0 aliphatic rings. The maximum Gasteiger partial charge on any atom is 0.295 e. The third kappa shape index (κ3) is 7.63. The quantitative estimate of drug-likeness (QED) is 0.523. The fourth-order valence-electron chi connectivity index (χ4n) is 1.37. The second-order valence-corrected chi connectivity index (χ2v) is 7.13. The molecule has 1 atom stereocenters. The van der Waals surface area contributed by atoms with Crippen molar-refractivity contribution in [1.29, 1.82) is 0 Å². The van der Waals surface area contributed by atoms with Crippen LogP contribution < -0.4 is 10.1 Å². The van der Waals surface area contributed by atoms with Crippen LogP contribution in [0.2, 0.25) is 0 Å². The zero-order chi connectivity index (χ0) is 15.7. The van der Waals surface area contributed by atoms with Crippen molar-refractivity contribution in [2.75, 3.05) is 19.8 Å². The number of rotatable bonds is 10. The number of hydrogen-bond acceptors (Lipinski definition) is 7. The molecule has 21 heavy (non-hydrogen) atoms. The van der Waals surface area contributed by atoms with Gasteiger partial charge >= 0.3 is 0 Å². The van der Waals surface area contributed by atoms with Gasteiger partial charge in [0.05, 0.1) is 11.4 Å². The highest BCUT2D eigenvalue weighted by Crippen LogP contribution is 2.30. The maximum absolute atomic E-state index is 11.9. The Balaban J connectivity index is 2.29. The Kier molecular flexibility index (Phi) is 8.63. The van der Waals surface area contributed by atoms with Crippen LogP contribution in [-0.2, 0) is 9.53 Å². The van der Waals surface area contributed by atoms with Crippen LogP contribution in [0.15, 0.2) is 4.34 Å². The van der Waals surface area contributed by atoms with E-state index in [0.29, 0.717) is 25.0 Å². The van der Waals surface area contributed by atoms with Crippen LogP contribution in [0.4, 0.5) is 0 Å². The molecule has 0 saturated carbocycles. The highest BCUT2D eigenvalue weighted by Gasteiger charge is 2.17. The summed E-state index contributed by atoms with van der Waals surface area (Å²) in [7, 11) is 0. The molecule has 0 aromatic carbocycles. The summed E-state index contributed by atoms with van der Waals surface area (Å²) in [6.07, 6.45) is 0.893. The van der Waals surface area contributed by atoms with Gasteiger partial charge in [0.1, 0.15) is 0 Å². The minimum Gasteiger partial charge on any atom is -0.466 e. The second-order valence-electron chi connectivity index (χ2n) is 4.60. The zero-order valence-electron chi connectivity index (χ0n) is 12.9. The molecule has 0 aliphatic heterocycles. The van der Waals surface area contributed by atoms with Gasteiger partial charge in [-0.15, -0.1) is 5.10 Å². The molecule has 1 heterocycles. The number of carbonyl (C=O) groups is 1. The normalized spacial score (nSPS) is 12.4. The van der Waals surface area contributed by atoms with E-state index in [-0.39, 0.29) is 17.3 Å². The highest BCUT2D eigenvalue weighted by atomic mass is 32.2. The molecule has 1 aromatic heterocycles. The molecular formula is C13H23N3O3S2. The molecule has 8 heteroatoms. The molecule has 1 N–H and O–H groups in total. The van der Waals surface area contributed by atoms with Crippen molar-refractivity contribution in [3.8, 4) is 5.19 Å². The van der Waals surface area contributed by atoms with Gasteiger partial charge in [-0.25, -0.2) is 0 Å². The molecule has 0 spiro atoms. The number of aromatic nitrogens is 2. The SMILES string of the molecule is CCOCCCNC(=O)[C@@H](C)Sc1nnc(OC(C)C)s1. The number of carbonyl (C=O) groups excluding carboxylic acids is 1. The van der Waals surface area contributed by atoms with Gasteiger partial charge in [0.2, 0.25) is 5.91 Å². The number of ether oxygens (including phenoxy) is 2. The highest BCUT2D eigenvalue weighted by molar-refractivity contribution is 8.02. The molecule has 1 rings (SSSR count). The molecule has 1 amide bonds. The number of nitrogens with zero attached hydrogens (tertiary/aromatic N) is 2. The first-order valence-corrected chi connectivity index (χ1v) is 8.74. The molecule has 1 aromatic rings. The predicted octanol–water partition coefficient (Wildman–Crippen LogP) is 2.35. The predicted molar refractivity (Wildman–Crippen MR) is 85.1 cm³/mol. The van der Waals surface area contributed by atoms with E-state index in [0.717, 1.165) is 10.8 Å². The zero-order valence-corrected chi connectivity index (χ0v) is 14.6. The van der Waals surface area contributed by atoms with Crippen molar-refractivity contribution in [3.05, 3.63) is 0 Å². The number of thioether (sulfide) groups is 1. The lowest BCUT2D eigenvalue weighted by atomic mass is 10.4. The van der Waals surface area contributed by atoms with Gasteiger partial charge in [-0.3, -0.25) is 4.79 Å². The van der Waals surface area contributed by atoms with Crippen LogP contribution in [0, 0.1) is 0 Å². The van der Waals surface area contributed by atoms with Gasteiger partial charge in [-0.2, -0.15) is 0 Å². The number of amides is 1. The fraction of sp³-hybridized carbons (Fsp3) is 0.769. The van der Waals surface area contributed by atoms with E-state index in [4.69, 9.17) is 9.47 Å². The van der Waals surface area contributed by atoms with E-state index in [1.165, 1.54) is 23.1 Å². The fourth-order valence-corrected chi connectivity index (χ4v) is 3.35. The first-order chi connectivity index (χ1) is 10.0. The largest absolute Gasteiger partial charge is 0.466 e. The summed E-state index contributed by atoms with van der Waals surface area (Å²) in [4.78, 5) is 11.9. The van der Waals surface area contributed by atoms with E-state index >= 15 is 0 Å². The van der Waals surface area contributed by atoms with E-state index in [9.17, 15) is 4.79 Å². The Hall–Kier alpha value is -0.860. The van der Waals surface area contributed by atoms with E-state index in [1.54, 1.807) is 0 Å². The third-order valence-electron chi connectivity index (χ3n) is 2.34. The monoisotopic (exact) mass is 333 g/mol. The van der Waals surface area contributed by atoms with Gasteiger partial charge in [-0.1, -0.05) is 16.9 Å².